The predicted molar refractivity (Wildman–Crippen MR) is 172 cm³/mol. The summed E-state index contributed by atoms with van der Waals surface area (Å²) in [5, 5.41) is 5.99. The number of alkyl carbamates (subject to hydrolysis) is 1. The Hall–Kier alpha value is -4.96. The molecule has 0 aliphatic carbocycles. The van der Waals surface area contributed by atoms with E-state index in [1.54, 1.807) is 0 Å². The van der Waals surface area contributed by atoms with Gasteiger partial charge in [-0.1, -0.05) is 121 Å². The van der Waals surface area contributed by atoms with E-state index in [2.05, 4.69) is 10.6 Å². The lowest BCUT2D eigenvalue weighted by atomic mass is 10.1. The summed E-state index contributed by atoms with van der Waals surface area (Å²) in [6, 6.07) is 38.1. The molecule has 3 atom stereocenters. The molecule has 1 fully saturated rings. The smallest absolute Gasteiger partial charge is 0.412 e. The first-order valence-corrected chi connectivity index (χ1v) is 15.1. The first-order valence-electron chi connectivity index (χ1n) is 15.1. The zero-order valence-corrected chi connectivity index (χ0v) is 25.7. The largest absolute Gasteiger partial charge is 0.464 e. The molecule has 1 heterocycles. The standard InChI is InChI=1S/C37H38N2O7/c1-42-36(40)33(39-37(41)46-25-30-20-12-5-13-21-30)32-35(45-24-29-18-10-4-11-19-29)34(44-23-28-16-8-3-9-17-28)31(38-32)26-43-22-27-14-6-2-7-15-27/h2-21,31,34-35,38H,22-26H2,1H3,(H,39,41)/b33-32-/t31-,34+,35+/m0/s1. The van der Waals surface area contributed by atoms with Crippen LogP contribution in [0.25, 0.3) is 0 Å². The molecule has 1 aliphatic rings. The summed E-state index contributed by atoms with van der Waals surface area (Å²) in [7, 11) is 1.25. The predicted octanol–water partition coefficient (Wildman–Crippen LogP) is 5.66. The molecule has 1 amide bonds. The lowest BCUT2D eigenvalue weighted by Crippen LogP contribution is -2.39. The first-order chi connectivity index (χ1) is 22.6. The van der Waals surface area contributed by atoms with Crippen molar-refractivity contribution >= 4 is 12.1 Å². The molecule has 9 nitrogen and oxygen atoms in total. The molecular formula is C37H38N2O7. The Morgan fingerprint density at radius 1 is 0.652 bits per heavy atom. The highest BCUT2D eigenvalue weighted by molar-refractivity contribution is 5.93. The van der Waals surface area contributed by atoms with Gasteiger partial charge in [-0.25, -0.2) is 9.59 Å². The number of ether oxygens (including phenoxy) is 5. The molecule has 9 heteroatoms. The molecule has 0 aromatic heterocycles. The molecule has 4 aromatic carbocycles. The highest BCUT2D eigenvalue weighted by Gasteiger charge is 2.44. The number of hydrogen-bond acceptors (Lipinski definition) is 8. The Balaban J connectivity index is 1.43. The van der Waals surface area contributed by atoms with Crippen molar-refractivity contribution in [1.82, 2.24) is 10.6 Å². The van der Waals surface area contributed by atoms with Gasteiger partial charge in [0.05, 0.1) is 45.3 Å². The molecule has 0 bridgehead atoms. The molecule has 5 rings (SSSR count). The third kappa shape index (κ3) is 9.28. The third-order valence-electron chi connectivity index (χ3n) is 7.39. The molecule has 1 saturated heterocycles. The Kier molecular flexibility index (Phi) is 11.9. The van der Waals surface area contributed by atoms with E-state index in [9.17, 15) is 9.59 Å². The van der Waals surface area contributed by atoms with E-state index < -0.39 is 30.3 Å². The van der Waals surface area contributed by atoms with Crippen LogP contribution < -0.4 is 10.6 Å². The van der Waals surface area contributed by atoms with E-state index in [-0.39, 0.29) is 25.5 Å². The number of nitrogens with one attached hydrogen (secondary N) is 2. The molecular weight excluding hydrogens is 584 g/mol. The maximum Gasteiger partial charge on any atom is 0.412 e. The van der Waals surface area contributed by atoms with Crippen molar-refractivity contribution in [1.29, 1.82) is 0 Å². The second kappa shape index (κ2) is 16.9. The fourth-order valence-corrected chi connectivity index (χ4v) is 5.07. The molecule has 4 aromatic rings. The second-order valence-corrected chi connectivity index (χ2v) is 10.7. The third-order valence-corrected chi connectivity index (χ3v) is 7.39. The average molecular weight is 623 g/mol. The zero-order valence-electron chi connectivity index (χ0n) is 25.7. The summed E-state index contributed by atoms with van der Waals surface area (Å²) >= 11 is 0. The number of benzene rings is 4. The molecule has 0 spiro atoms. The van der Waals surface area contributed by atoms with E-state index in [0.717, 1.165) is 22.3 Å². The molecule has 0 radical (unpaired) electrons. The number of carbonyl (C=O) groups excluding carboxylic acids is 2. The van der Waals surface area contributed by atoms with Gasteiger partial charge >= 0.3 is 12.1 Å². The number of carbonyl (C=O) groups is 2. The molecule has 238 valence electrons. The Labute approximate surface area is 269 Å². The van der Waals surface area contributed by atoms with E-state index in [1.807, 2.05) is 121 Å². The van der Waals surface area contributed by atoms with Crippen molar-refractivity contribution in [3.63, 3.8) is 0 Å². The van der Waals surface area contributed by atoms with E-state index in [1.165, 1.54) is 7.11 Å². The van der Waals surface area contributed by atoms with Gasteiger partial charge in [0, 0.05) is 0 Å². The maximum atomic E-state index is 13.2. The average Bonchev–Trinajstić information content (AvgIpc) is 3.45. The molecule has 2 N–H and O–H groups in total. The number of amides is 1. The quantitative estimate of drug-likeness (QED) is 0.137. The van der Waals surface area contributed by atoms with Gasteiger partial charge in [-0.2, -0.15) is 0 Å². The van der Waals surface area contributed by atoms with Crippen molar-refractivity contribution in [2.45, 2.75) is 44.7 Å². The molecule has 0 saturated carbocycles. The summed E-state index contributed by atoms with van der Waals surface area (Å²) in [6.45, 7) is 1.16. The number of esters is 1. The number of rotatable bonds is 14. The van der Waals surface area contributed by atoms with Crippen LogP contribution in [0.15, 0.2) is 133 Å². The second-order valence-electron chi connectivity index (χ2n) is 10.7. The van der Waals surface area contributed by atoms with Crippen molar-refractivity contribution in [3.8, 4) is 0 Å². The van der Waals surface area contributed by atoms with Crippen LogP contribution in [0.3, 0.4) is 0 Å². The normalized spacial score (nSPS) is 18.3. The SMILES string of the molecule is COC(=O)/C(NC(=O)OCc1ccccc1)=C1/N[C@@H](COCc2ccccc2)[C@@H](OCc2ccccc2)[C@@H]1OCc1ccccc1. The highest BCUT2D eigenvalue weighted by atomic mass is 16.6. The Bertz CT molecular complexity index is 1550. The van der Waals surface area contributed by atoms with E-state index in [0.29, 0.717) is 18.9 Å². The first kappa shape index (κ1) is 32.4. The van der Waals surface area contributed by atoms with Gasteiger partial charge in [0.15, 0.2) is 5.70 Å². The van der Waals surface area contributed by atoms with Crippen LogP contribution in [0, 0.1) is 0 Å². The van der Waals surface area contributed by atoms with Gasteiger partial charge in [0.2, 0.25) is 0 Å². The Morgan fingerprint density at radius 3 is 1.65 bits per heavy atom. The Morgan fingerprint density at radius 2 is 1.13 bits per heavy atom. The minimum absolute atomic E-state index is 0.0244. The van der Waals surface area contributed by atoms with E-state index in [4.69, 9.17) is 23.7 Å². The summed E-state index contributed by atoms with van der Waals surface area (Å²) in [5.41, 5.74) is 3.91. The van der Waals surface area contributed by atoms with Crippen molar-refractivity contribution in [2.75, 3.05) is 13.7 Å². The van der Waals surface area contributed by atoms with Crippen molar-refractivity contribution in [2.24, 2.45) is 0 Å². The monoisotopic (exact) mass is 622 g/mol. The van der Waals surface area contributed by atoms with Gasteiger partial charge in [-0.05, 0) is 22.3 Å². The maximum absolute atomic E-state index is 13.2. The van der Waals surface area contributed by atoms with Crippen LogP contribution in [0.5, 0.6) is 0 Å². The minimum atomic E-state index is -0.814. The van der Waals surface area contributed by atoms with Crippen LogP contribution in [-0.2, 0) is 54.9 Å². The summed E-state index contributed by atoms with van der Waals surface area (Å²) < 4.78 is 29.7. The summed E-state index contributed by atoms with van der Waals surface area (Å²) in [6.07, 6.45) is -2.21. The summed E-state index contributed by atoms with van der Waals surface area (Å²) in [4.78, 5) is 26.2. The van der Waals surface area contributed by atoms with Crippen LogP contribution in [0.4, 0.5) is 4.79 Å². The number of hydrogen-bond donors (Lipinski definition) is 2. The number of methoxy groups -OCH3 is 1. The fraction of sp³-hybridized carbons (Fsp3) is 0.243. The molecule has 0 unspecified atom stereocenters. The minimum Gasteiger partial charge on any atom is -0.464 e. The van der Waals surface area contributed by atoms with Gasteiger partial charge in [-0.15, -0.1) is 0 Å². The molecule has 1 aliphatic heterocycles. The van der Waals surface area contributed by atoms with Gasteiger partial charge in [0.25, 0.3) is 0 Å². The molecule has 46 heavy (non-hydrogen) atoms. The highest BCUT2D eigenvalue weighted by Crippen LogP contribution is 2.29. The lowest BCUT2D eigenvalue weighted by Gasteiger charge is -2.25. The van der Waals surface area contributed by atoms with Gasteiger partial charge in [-0.3, -0.25) is 5.32 Å². The van der Waals surface area contributed by atoms with Gasteiger partial charge in [0.1, 0.15) is 18.8 Å². The zero-order chi connectivity index (χ0) is 32.0. The van der Waals surface area contributed by atoms with Crippen LogP contribution in [0.1, 0.15) is 22.3 Å². The topological polar surface area (TPSA) is 104 Å². The van der Waals surface area contributed by atoms with Crippen LogP contribution in [-0.4, -0.2) is 44.0 Å². The van der Waals surface area contributed by atoms with Crippen molar-refractivity contribution in [3.05, 3.63) is 155 Å². The summed E-state index contributed by atoms with van der Waals surface area (Å²) in [5.74, 6) is -0.764. The van der Waals surface area contributed by atoms with Crippen LogP contribution >= 0.6 is 0 Å². The lowest BCUT2D eigenvalue weighted by molar-refractivity contribution is -0.136. The van der Waals surface area contributed by atoms with Crippen molar-refractivity contribution < 1.29 is 33.3 Å². The van der Waals surface area contributed by atoms with Gasteiger partial charge < -0.3 is 29.0 Å². The fourth-order valence-electron chi connectivity index (χ4n) is 5.07. The van der Waals surface area contributed by atoms with E-state index >= 15 is 0 Å². The van der Waals surface area contributed by atoms with Crippen LogP contribution in [0.2, 0.25) is 0 Å².